The molecule has 0 aliphatic heterocycles. The quantitative estimate of drug-likeness (QED) is 0.558. The van der Waals surface area contributed by atoms with Crippen LogP contribution in [0.4, 0.5) is 0 Å². The van der Waals surface area contributed by atoms with E-state index >= 15 is 0 Å². The Morgan fingerprint density at radius 1 is 1.03 bits per heavy atom. The fourth-order valence-electron chi connectivity index (χ4n) is 3.25. The van der Waals surface area contributed by atoms with Crippen molar-refractivity contribution in [2.75, 3.05) is 0 Å². The number of carboxylic acid groups (broad SMARTS) is 1. The number of amides is 1. The van der Waals surface area contributed by atoms with Gasteiger partial charge in [-0.25, -0.2) is 9.89 Å². The summed E-state index contributed by atoms with van der Waals surface area (Å²) in [6, 6.07) is 17.1. The minimum atomic E-state index is -1.15. The highest BCUT2D eigenvalue weighted by Crippen LogP contribution is 2.31. The summed E-state index contributed by atoms with van der Waals surface area (Å²) in [5, 5.41) is 18.7. The summed E-state index contributed by atoms with van der Waals surface area (Å²) in [6.45, 7) is 3.58. The molecule has 3 rings (SSSR count). The lowest BCUT2D eigenvalue weighted by atomic mass is 9.94. The summed E-state index contributed by atoms with van der Waals surface area (Å²) in [4.78, 5) is 37.5. The number of nitrogens with one attached hydrogen (secondary N) is 2. The molecule has 3 N–H and O–H groups in total. The fraction of sp³-hybridized carbons (Fsp3) is 0.217. The zero-order chi connectivity index (χ0) is 21.7. The molecule has 1 heterocycles. The highest BCUT2D eigenvalue weighted by Gasteiger charge is 2.29. The molecule has 0 spiro atoms. The first-order chi connectivity index (χ1) is 14.4. The van der Waals surface area contributed by atoms with Gasteiger partial charge in [-0.05, 0) is 11.5 Å². The number of aromatic nitrogens is 2. The van der Waals surface area contributed by atoms with Gasteiger partial charge in [-0.1, -0.05) is 80.9 Å². The van der Waals surface area contributed by atoms with Crippen molar-refractivity contribution in [3.63, 3.8) is 0 Å². The van der Waals surface area contributed by atoms with E-state index in [-0.39, 0.29) is 11.5 Å². The Labute approximate surface area is 173 Å². The van der Waals surface area contributed by atoms with Gasteiger partial charge >= 0.3 is 5.97 Å². The summed E-state index contributed by atoms with van der Waals surface area (Å²) in [7, 11) is 0. The first kappa shape index (κ1) is 21.0. The van der Waals surface area contributed by atoms with E-state index in [1.807, 2.05) is 43.3 Å². The van der Waals surface area contributed by atoms with Crippen LogP contribution in [0.25, 0.3) is 22.4 Å². The van der Waals surface area contributed by atoms with Crippen LogP contribution >= 0.6 is 0 Å². The molecule has 0 bridgehead atoms. The number of carbonyl (C=O) groups is 2. The Kier molecular flexibility index (Phi) is 6.41. The monoisotopic (exact) mass is 405 g/mol. The predicted molar refractivity (Wildman–Crippen MR) is 114 cm³/mol. The second-order valence-corrected chi connectivity index (χ2v) is 7.06. The van der Waals surface area contributed by atoms with Crippen LogP contribution < -0.4 is 10.9 Å². The Morgan fingerprint density at radius 3 is 2.13 bits per heavy atom. The van der Waals surface area contributed by atoms with Gasteiger partial charge < -0.3 is 10.4 Å². The maximum Gasteiger partial charge on any atom is 0.326 e. The minimum Gasteiger partial charge on any atom is -0.480 e. The fourth-order valence-corrected chi connectivity index (χ4v) is 3.25. The van der Waals surface area contributed by atoms with Crippen LogP contribution in [0.1, 0.15) is 30.6 Å². The number of hydrogen-bond acceptors (Lipinski definition) is 4. The van der Waals surface area contributed by atoms with E-state index in [0.717, 1.165) is 5.56 Å². The summed E-state index contributed by atoms with van der Waals surface area (Å²) >= 11 is 0. The number of hydrogen-bond donors (Lipinski definition) is 3. The van der Waals surface area contributed by atoms with Gasteiger partial charge in [-0.3, -0.25) is 9.59 Å². The van der Waals surface area contributed by atoms with Gasteiger partial charge in [-0.15, -0.1) is 0 Å². The number of rotatable bonds is 7. The summed E-state index contributed by atoms with van der Waals surface area (Å²) in [5.74, 6) is -2.20. The molecule has 0 radical (unpaired) electrons. The average molecular weight is 405 g/mol. The van der Waals surface area contributed by atoms with Crippen molar-refractivity contribution in [3.05, 3.63) is 76.6 Å². The van der Waals surface area contributed by atoms with Crippen molar-refractivity contribution < 1.29 is 14.7 Å². The van der Waals surface area contributed by atoms with Crippen molar-refractivity contribution in [3.8, 4) is 22.4 Å². The average Bonchev–Trinajstić information content (AvgIpc) is 2.77. The van der Waals surface area contributed by atoms with Crippen LogP contribution in [-0.2, 0) is 4.79 Å². The number of aliphatic carboxylic acids is 1. The summed E-state index contributed by atoms with van der Waals surface area (Å²) < 4.78 is 0. The zero-order valence-corrected chi connectivity index (χ0v) is 16.8. The molecule has 154 valence electrons. The second-order valence-electron chi connectivity index (χ2n) is 7.06. The van der Waals surface area contributed by atoms with E-state index in [4.69, 9.17) is 0 Å². The molecule has 7 nitrogen and oxygen atoms in total. The maximum atomic E-state index is 13.2. The molecule has 0 saturated carbocycles. The molecular weight excluding hydrogens is 382 g/mol. The topological polar surface area (TPSA) is 112 Å². The summed E-state index contributed by atoms with van der Waals surface area (Å²) in [6.07, 6.45) is 0.560. The van der Waals surface area contributed by atoms with E-state index < -0.39 is 23.5 Å². The molecule has 0 fully saturated rings. The first-order valence-electron chi connectivity index (χ1n) is 9.71. The van der Waals surface area contributed by atoms with E-state index in [1.165, 1.54) is 0 Å². The Bertz CT molecular complexity index is 1090. The molecule has 2 atom stereocenters. The largest absolute Gasteiger partial charge is 0.480 e. The molecule has 0 aliphatic rings. The molecule has 30 heavy (non-hydrogen) atoms. The van der Waals surface area contributed by atoms with Crippen LogP contribution in [-0.4, -0.2) is 33.2 Å². The van der Waals surface area contributed by atoms with Crippen molar-refractivity contribution in [2.24, 2.45) is 5.92 Å². The lowest BCUT2D eigenvalue weighted by Crippen LogP contribution is -2.46. The highest BCUT2D eigenvalue weighted by molar-refractivity contribution is 6.04. The Balaban J connectivity index is 2.20. The van der Waals surface area contributed by atoms with E-state index in [0.29, 0.717) is 23.2 Å². The van der Waals surface area contributed by atoms with Crippen molar-refractivity contribution in [1.29, 1.82) is 0 Å². The Hall–Kier alpha value is -3.74. The van der Waals surface area contributed by atoms with Crippen LogP contribution in [0.2, 0.25) is 0 Å². The molecule has 2 aromatic carbocycles. The van der Waals surface area contributed by atoms with E-state index in [9.17, 15) is 19.5 Å². The second kappa shape index (κ2) is 9.17. The van der Waals surface area contributed by atoms with Gasteiger partial charge in [-0.2, -0.15) is 5.10 Å². The third-order valence-corrected chi connectivity index (χ3v) is 5.09. The van der Waals surface area contributed by atoms with Crippen molar-refractivity contribution >= 4 is 11.9 Å². The first-order valence-corrected chi connectivity index (χ1v) is 9.71. The molecule has 2 unspecified atom stereocenters. The molecular formula is C23H23N3O4. The van der Waals surface area contributed by atoms with Crippen LogP contribution in [0.5, 0.6) is 0 Å². The van der Waals surface area contributed by atoms with Crippen molar-refractivity contribution in [2.45, 2.75) is 26.3 Å². The number of carboxylic acids is 1. The minimum absolute atomic E-state index is 0.162. The highest BCUT2D eigenvalue weighted by atomic mass is 16.4. The molecule has 1 amide bonds. The third-order valence-electron chi connectivity index (χ3n) is 5.09. The molecule has 3 aromatic rings. The lowest BCUT2D eigenvalue weighted by Gasteiger charge is -2.21. The van der Waals surface area contributed by atoms with Gasteiger partial charge in [0.25, 0.3) is 11.5 Å². The van der Waals surface area contributed by atoms with Gasteiger partial charge in [0.1, 0.15) is 11.6 Å². The Morgan fingerprint density at radius 2 is 1.60 bits per heavy atom. The number of carbonyl (C=O) groups excluding carboxylic acids is 1. The molecule has 0 aliphatic carbocycles. The number of benzene rings is 2. The predicted octanol–water partition coefficient (Wildman–Crippen LogP) is 3.33. The van der Waals surface area contributed by atoms with E-state index in [2.05, 4.69) is 15.5 Å². The molecule has 1 aromatic heterocycles. The number of aromatic amines is 1. The van der Waals surface area contributed by atoms with Crippen molar-refractivity contribution in [1.82, 2.24) is 15.5 Å². The number of H-pyrrole nitrogens is 1. The van der Waals surface area contributed by atoms with Gasteiger partial charge in [0, 0.05) is 11.1 Å². The van der Waals surface area contributed by atoms with Crippen LogP contribution in [0, 0.1) is 5.92 Å². The van der Waals surface area contributed by atoms with Gasteiger partial charge in [0.15, 0.2) is 0 Å². The standard InChI is InChI=1S/C23H23N3O4/c1-3-14(2)19(23(29)30)24-21(27)18-17(15-10-6-4-7-11-15)20(25-26-22(18)28)16-12-8-5-9-13-16/h4-14,19H,3H2,1-2H3,(H,24,27)(H,26,28)(H,29,30). The van der Waals surface area contributed by atoms with Crippen LogP contribution in [0.3, 0.4) is 0 Å². The zero-order valence-electron chi connectivity index (χ0n) is 16.8. The van der Waals surface area contributed by atoms with E-state index in [1.54, 1.807) is 31.2 Å². The smallest absolute Gasteiger partial charge is 0.326 e. The maximum absolute atomic E-state index is 13.2. The third kappa shape index (κ3) is 4.30. The molecule has 7 heteroatoms. The summed E-state index contributed by atoms with van der Waals surface area (Å²) in [5.41, 5.74) is 1.30. The SMILES string of the molecule is CCC(C)C(NC(=O)c1c(-c2ccccc2)c(-c2ccccc2)n[nH]c1=O)C(=O)O. The molecule has 0 saturated heterocycles. The van der Waals surface area contributed by atoms with Gasteiger partial charge in [0.2, 0.25) is 0 Å². The number of nitrogens with zero attached hydrogens (tertiary/aromatic N) is 1. The lowest BCUT2D eigenvalue weighted by molar-refractivity contribution is -0.140. The van der Waals surface area contributed by atoms with Gasteiger partial charge in [0.05, 0.1) is 5.69 Å². The van der Waals surface area contributed by atoms with Crippen LogP contribution in [0.15, 0.2) is 65.5 Å². The normalized spacial score (nSPS) is 12.7.